The summed E-state index contributed by atoms with van der Waals surface area (Å²) >= 11 is 6.87. The second kappa shape index (κ2) is 18.1. The van der Waals surface area contributed by atoms with Crippen LogP contribution in [0.2, 0.25) is 5.02 Å². The molecule has 13 heteroatoms. The van der Waals surface area contributed by atoms with Crippen LogP contribution < -0.4 is 14.2 Å². The van der Waals surface area contributed by atoms with E-state index < -0.39 is 21.8 Å². The number of aliphatic carboxylic acids is 1. The number of halogens is 1. The first kappa shape index (κ1) is 41.5. The highest BCUT2D eigenvalue weighted by Crippen LogP contribution is 2.42. The van der Waals surface area contributed by atoms with Gasteiger partial charge in [0.1, 0.15) is 42.6 Å². The van der Waals surface area contributed by atoms with E-state index >= 15 is 0 Å². The number of likely N-dealkylation sites (tertiary alicyclic amines) is 2. The van der Waals surface area contributed by atoms with Crippen molar-refractivity contribution in [1.82, 2.24) is 14.8 Å². The molecule has 3 aromatic carbocycles. The van der Waals surface area contributed by atoms with Gasteiger partial charge >= 0.3 is 5.97 Å². The third-order valence-corrected chi connectivity index (χ3v) is 14.4. The largest absolute Gasteiger partial charge is 0.493 e. The number of carboxylic acids is 1. The van der Waals surface area contributed by atoms with Gasteiger partial charge in [-0.25, -0.2) is 8.42 Å². The van der Waals surface area contributed by atoms with Crippen LogP contribution in [-0.2, 0) is 34.4 Å². The van der Waals surface area contributed by atoms with E-state index in [2.05, 4.69) is 41.9 Å². The lowest BCUT2D eigenvalue weighted by atomic mass is 9.81. The minimum absolute atomic E-state index is 0.0253. The first-order valence-corrected chi connectivity index (χ1v) is 22.3. The van der Waals surface area contributed by atoms with Gasteiger partial charge in [-0.05, 0) is 112 Å². The number of carbonyl (C=O) groups is 1. The SMILES string of the molecule is Cc1c(COc2cc(OCc3cncc(C#N)c3)c(CN3CCCC[C@H]3C(=O)O)cc2Cl)cccc1-c1cccc(OCCCN2CCC3(CC2)CS(=O)(=O)C3)c1C. The number of benzene rings is 3. The van der Waals surface area contributed by atoms with E-state index in [4.69, 9.17) is 25.8 Å². The Morgan fingerprint density at radius 3 is 2.40 bits per heavy atom. The third-order valence-electron chi connectivity index (χ3n) is 12.0. The summed E-state index contributed by atoms with van der Waals surface area (Å²) in [6, 6.07) is 19.1. The van der Waals surface area contributed by atoms with E-state index in [0.717, 1.165) is 96.4 Å². The standard InChI is InChI=1S/C45H51ClN4O7S/c1-31-35(8-5-9-37(31)38-10-6-12-41(32(38)2)55-19-7-15-49-17-13-45(14-18-49)29-58(53,54)30-45)28-57-43-22-42(56-27-34-20-33(23-47)24-48-25-34)36(21-39(43)46)26-50-16-4-3-11-40(50)44(51)52/h5-6,8-10,12,20-22,24-25,40H,3-4,7,11,13-19,26-30H2,1-2H3,(H,51,52)/t40-/m0/s1. The highest BCUT2D eigenvalue weighted by atomic mass is 35.5. The summed E-state index contributed by atoms with van der Waals surface area (Å²) in [5.41, 5.74) is 7.22. The number of nitrogens with zero attached hydrogens (tertiary/aromatic N) is 4. The van der Waals surface area contributed by atoms with Crippen LogP contribution in [0.4, 0.5) is 0 Å². The molecule has 306 valence electrons. The van der Waals surface area contributed by atoms with Gasteiger partial charge in [-0.15, -0.1) is 0 Å². The lowest BCUT2D eigenvalue weighted by Gasteiger charge is -2.47. The van der Waals surface area contributed by atoms with Gasteiger partial charge < -0.3 is 24.2 Å². The van der Waals surface area contributed by atoms with Crippen molar-refractivity contribution in [3.63, 3.8) is 0 Å². The predicted octanol–water partition coefficient (Wildman–Crippen LogP) is 7.77. The number of aromatic nitrogens is 1. The van der Waals surface area contributed by atoms with Gasteiger partial charge in [0.25, 0.3) is 0 Å². The number of rotatable bonds is 15. The first-order chi connectivity index (χ1) is 27.9. The molecule has 3 aliphatic heterocycles. The van der Waals surface area contributed by atoms with E-state index in [-0.39, 0.29) is 18.6 Å². The van der Waals surface area contributed by atoms with Crippen molar-refractivity contribution < 1.29 is 32.5 Å². The summed E-state index contributed by atoms with van der Waals surface area (Å²) in [7, 11) is -2.80. The van der Waals surface area contributed by atoms with Crippen LogP contribution in [0.5, 0.6) is 17.2 Å². The zero-order chi connectivity index (χ0) is 40.9. The maximum absolute atomic E-state index is 12.1. The quantitative estimate of drug-likeness (QED) is 0.118. The Kier molecular flexibility index (Phi) is 12.9. The van der Waals surface area contributed by atoms with Gasteiger partial charge in [-0.2, -0.15) is 5.26 Å². The van der Waals surface area contributed by atoms with Gasteiger partial charge in [-0.3, -0.25) is 14.7 Å². The van der Waals surface area contributed by atoms with Crippen LogP contribution in [0, 0.1) is 30.6 Å². The van der Waals surface area contributed by atoms with Crippen molar-refractivity contribution in [2.75, 3.05) is 44.3 Å². The van der Waals surface area contributed by atoms with E-state index in [9.17, 15) is 23.6 Å². The molecule has 11 nitrogen and oxygen atoms in total. The Morgan fingerprint density at radius 1 is 0.914 bits per heavy atom. The lowest BCUT2D eigenvalue weighted by Crippen LogP contribution is -2.54. The van der Waals surface area contributed by atoms with Crippen molar-refractivity contribution >= 4 is 27.4 Å². The normalized spacial score (nSPS) is 18.9. The fraction of sp³-hybridized carbons (Fsp3) is 0.444. The molecule has 0 unspecified atom stereocenters. The van der Waals surface area contributed by atoms with E-state index in [1.54, 1.807) is 24.4 Å². The minimum atomic E-state index is -2.80. The van der Waals surface area contributed by atoms with Crippen LogP contribution >= 0.6 is 11.6 Å². The Hall–Kier alpha value is -4.67. The van der Waals surface area contributed by atoms with Gasteiger partial charge in [0.2, 0.25) is 0 Å². The Labute approximate surface area is 346 Å². The minimum Gasteiger partial charge on any atom is -0.493 e. The molecule has 0 bridgehead atoms. The van der Waals surface area contributed by atoms with Crippen LogP contribution in [0.1, 0.15) is 71.9 Å². The van der Waals surface area contributed by atoms with Gasteiger partial charge in [0.15, 0.2) is 9.84 Å². The van der Waals surface area contributed by atoms with Gasteiger partial charge in [0, 0.05) is 48.1 Å². The highest BCUT2D eigenvalue weighted by Gasteiger charge is 2.49. The van der Waals surface area contributed by atoms with Crippen molar-refractivity contribution in [1.29, 1.82) is 5.26 Å². The molecular formula is C45H51ClN4O7S. The summed E-state index contributed by atoms with van der Waals surface area (Å²) in [6.07, 6.45) is 8.32. The van der Waals surface area contributed by atoms with Gasteiger partial charge in [-0.1, -0.05) is 48.4 Å². The molecular weight excluding hydrogens is 776 g/mol. The zero-order valence-electron chi connectivity index (χ0n) is 33.2. The summed E-state index contributed by atoms with van der Waals surface area (Å²) in [4.78, 5) is 20.6. The van der Waals surface area contributed by atoms with Crippen LogP contribution in [0.25, 0.3) is 11.1 Å². The number of carboxylic acid groups (broad SMARTS) is 1. The summed E-state index contributed by atoms with van der Waals surface area (Å²) < 4.78 is 42.5. The number of nitriles is 1. The molecule has 1 atom stereocenters. The Bertz CT molecular complexity index is 2270. The molecule has 4 aromatic rings. The lowest BCUT2D eigenvalue weighted by molar-refractivity contribution is -0.144. The molecule has 0 aliphatic carbocycles. The zero-order valence-corrected chi connectivity index (χ0v) is 34.8. The molecule has 58 heavy (non-hydrogen) atoms. The van der Waals surface area contributed by atoms with Crippen LogP contribution in [0.15, 0.2) is 67.0 Å². The van der Waals surface area contributed by atoms with E-state index in [1.807, 2.05) is 29.2 Å². The summed E-state index contributed by atoms with van der Waals surface area (Å²) in [5, 5.41) is 19.7. The highest BCUT2D eigenvalue weighted by molar-refractivity contribution is 7.92. The molecule has 3 fully saturated rings. The third kappa shape index (κ3) is 9.78. The Morgan fingerprint density at radius 2 is 1.66 bits per heavy atom. The smallest absolute Gasteiger partial charge is 0.320 e. The summed E-state index contributed by atoms with van der Waals surface area (Å²) in [5.74, 6) is 1.69. The number of pyridine rings is 1. The molecule has 4 heterocycles. The monoisotopic (exact) mass is 826 g/mol. The van der Waals surface area contributed by atoms with Crippen molar-refractivity contribution in [2.45, 2.75) is 78.2 Å². The number of piperidine rings is 2. The van der Waals surface area contributed by atoms with Crippen LogP contribution in [0.3, 0.4) is 0 Å². The van der Waals surface area contributed by atoms with E-state index in [0.29, 0.717) is 59.7 Å². The average molecular weight is 827 g/mol. The summed E-state index contributed by atoms with van der Waals surface area (Å²) in [6.45, 7) is 8.99. The maximum atomic E-state index is 12.1. The molecule has 3 saturated heterocycles. The van der Waals surface area contributed by atoms with Crippen molar-refractivity contribution in [3.8, 4) is 34.4 Å². The molecule has 7 rings (SSSR count). The number of hydrogen-bond acceptors (Lipinski definition) is 10. The van der Waals surface area contributed by atoms with Crippen LogP contribution in [-0.4, -0.2) is 84.6 Å². The Balaban J connectivity index is 1.02. The van der Waals surface area contributed by atoms with Gasteiger partial charge in [0.05, 0.1) is 28.7 Å². The molecule has 0 radical (unpaired) electrons. The molecule has 3 aliphatic rings. The predicted molar refractivity (Wildman–Crippen MR) is 223 cm³/mol. The molecule has 0 amide bonds. The maximum Gasteiger partial charge on any atom is 0.320 e. The van der Waals surface area contributed by atoms with E-state index in [1.165, 1.54) is 6.20 Å². The van der Waals surface area contributed by atoms with Crippen molar-refractivity contribution in [2.24, 2.45) is 5.41 Å². The first-order valence-electron chi connectivity index (χ1n) is 20.1. The average Bonchev–Trinajstić information content (AvgIpc) is 3.20. The molecule has 1 spiro atoms. The number of sulfone groups is 1. The van der Waals surface area contributed by atoms with Crippen molar-refractivity contribution in [3.05, 3.63) is 105 Å². The second-order valence-corrected chi connectivity index (χ2v) is 18.5. The second-order valence-electron chi connectivity index (χ2n) is 16.1. The molecule has 0 saturated carbocycles. The molecule has 1 aromatic heterocycles. The number of ether oxygens (including phenoxy) is 3. The fourth-order valence-corrected chi connectivity index (χ4v) is 11.3. The fourth-order valence-electron chi connectivity index (χ4n) is 8.66. The number of hydrogen-bond donors (Lipinski definition) is 1. The molecule has 1 N–H and O–H groups in total. The topological polar surface area (TPSA) is 142 Å².